The molecule has 0 bridgehead atoms. The highest BCUT2D eigenvalue weighted by molar-refractivity contribution is 7.99. The van der Waals surface area contributed by atoms with Crippen LogP contribution in [0.25, 0.3) is 11.4 Å². The summed E-state index contributed by atoms with van der Waals surface area (Å²) < 4.78 is 7.81. The number of carbonyl (C=O) groups is 1. The monoisotopic (exact) mass is 462 g/mol. The molecule has 0 atom stereocenters. The van der Waals surface area contributed by atoms with Crippen molar-refractivity contribution in [3.05, 3.63) is 58.3 Å². The molecule has 30 heavy (non-hydrogen) atoms. The van der Waals surface area contributed by atoms with E-state index in [-0.39, 0.29) is 5.91 Å². The highest BCUT2D eigenvalue weighted by Gasteiger charge is 2.11. The lowest BCUT2D eigenvalue weighted by atomic mass is 10.2. The van der Waals surface area contributed by atoms with E-state index < -0.39 is 0 Å². The van der Waals surface area contributed by atoms with E-state index in [0.717, 1.165) is 27.0 Å². The highest BCUT2D eigenvalue weighted by Crippen LogP contribution is 2.22. The van der Waals surface area contributed by atoms with Crippen molar-refractivity contribution in [2.24, 2.45) is 0 Å². The number of H-pyrrole nitrogens is 1. The molecule has 1 heterocycles. The van der Waals surface area contributed by atoms with Crippen LogP contribution in [0.3, 0.4) is 0 Å². The summed E-state index contributed by atoms with van der Waals surface area (Å²) in [4.78, 5) is 13.4. The lowest BCUT2D eigenvalue weighted by Gasteiger charge is -2.09. The summed E-state index contributed by atoms with van der Waals surface area (Å²) in [6, 6.07) is 15.3. The number of nitrogens with one attached hydrogen (secondary N) is 2. The Morgan fingerprint density at radius 1 is 1.23 bits per heavy atom. The number of aromatic amines is 1. The maximum absolute atomic E-state index is 12.2. The first kappa shape index (κ1) is 22.4. The van der Waals surface area contributed by atoms with Crippen LogP contribution in [0.5, 0.6) is 5.75 Å². The van der Waals surface area contributed by atoms with E-state index >= 15 is 0 Å². The lowest BCUT2D eigenvalue weighted by molar-refractivity contribution is -0.121. The maximum Gasteiger partial charge on any atom is 0.221 e. The lowest BCUT2D eigenvalue weighted by Crippen LogP contribution is -2.26. The van der Waals surface area contributed by atoms with Crippen LogP contribution < -0.4 is 10.1 Å². The number of benzene rings is 2. The molecule has 0 aliphatic carbocycles. The minimum Gasteiger partial charge on any atom is -0.494 e. The molecule has 0 unspecified atom stereocenters. The third-order valence-electron chi connectivity index (χ3n) is 4.25. The number of rotatable bonds is 10. The Hall–Kier alpha value is -2.29. The fourth-order valence-corrected chi connectivity index (χ4v) is 3.92. The standard InChI is InChI=1S/C21H23ClN4O2S2/c1-2-28-17-7-3-15(4-8-17)20-24-25-21(29)26(20)13-11-19(27)23-12-14-30-18-9-5-16(22)6-10-18/h3-10H,2,11-14H2,1H3,(H,23,27)(H,25,29). The first-order valence-corrected chi connectivity index (χ1v) is 11.4. The molecule has 6 nitrogen and oxygen atoms in total. The molecule has 9 heteroatoms. The number of ether oxygens (including phenoxy) is 1. The fourth-order valence-electron chi connectivity index (χ4n) is 2.80. The Bertz CT molecular complexity index is 1020. The SMILES string of the molecule is CCOc1ccc(-c2n[nH]c(=S)n2CCC(=O)NCCSc2ccc(Cl)cc2)cc1. The highest BCUT2D eigenvalue weighted by atomic mass is 35.5. The zero-order valence-corrected chi connectivity index (χ0v) is 18.9. The third-order valence-corrected chi connectivity index (χ3v) is 5.83. The number of thioether (sulfide) groups is 1. The molecule has 0 saturated carbocycles. The molecule has 0 fully saturated rings. The summed E-state index contributed by atoms with van der Waals surface area (Å²) in [7, 11) is 0. The van der Waals surface area contributed by atoms with Crippen LogP contribution in [-0.2, 0) is 11.3 Å². The van der Waals surface area contributed by atoms with Crippen molar-refractivity contribution in [2.75, 3.05) is 18.9 Å². The molecule has 0 aliphatic heterocycles. The average molecular weight is 463 g/mol. The summed E-state index contributed by atoms with van der Waals surface area (Å²) in [5, 5.41) is 10.8. The van der Waals surface area contributed by atoms with Crippen molar-refractivity contribution >= 4 is 41.5 Å². The first-order chi connectivity index (χ1) is 14.6. The second kappa shape index (κ2) is 11.2. The number of aromatic nitrogens is 3. The Labute approximate surface area is 190 Å². The van der Waals surface area contributed by atoms with Gasteiger partial charge in [0.1, 0.15) is 5.75 Å². The van der Waals surface area contributed by atoms with Gasteiger partial charge in [0.05, 0.1) is 6.61 Å². The average Bonchev–Trinajstić information content (AvgIpc) is 3.12. The molecule has 0 saturated heterocycles. The Balaban J connectivity index is 1.49. The fraction of sp³-hybridized carbons (Fsp3) is 0.286. The van der Waals surface area contributed by atoms with Gasteiger partial charge in [0.15, 0.2) is 10.6 Å². The quantitative estimate of drug-likeness (QED) is 0.253. The van der Waals surface area contributed by atoms with Gasteiger partial charge in [-0.15, -0.1) is 11.8 Å². The van der Waals surface area contributed by atoms with Crippen molar-refractivity contribution in [2.45, 2.75) is 24.8 Å². The number of nitrogens with zero attached hydrogens (tertiary/aromatic N) is 2. The molecule has 0 spiro atoms. The predicted molar refractivity (Wildman–Crippen MR) is 124 cm³/mol. The maximum atomic E-state index is 12.2. The summed E-state index contributed by atoms with van der Waals surface area (Å²) in [6.45, 7) is 3.61. The van der Waals surface area contributed by atoms with E-state index in [2.05, 4.69) is 15.5 Å². The van der Waals surface area contributed by atoms with E-state index in [1.807, 2.05) is 60.0 Å². The van der Waals surface area contributed by atoms with Gasteiger partial charge in [-0.1, -0.05) is 11.6 Å². The van der Waals surface area contributed by atoms with E-state index in [1.54, 1.807) is 11.8 Å². The number of amides is 1. The van der Waals surface area contributed by atoms with Gasteiger partial charge in [-0.05, 0) is 67.7 Å². The summed E-state index contributed by atoms with van der Waals surface area (Å²) in [5.74, 6) is 2.27. The van der Waals surface area contributed by atoms with Crippen molar-refractivity contribution < 1.29 is 9.53 Å². The van der Waals surface area contributed by atoms with Gasteiger partial charge >= 0.3 is 0 Å². The molecule has 0 aliphatic rings. The van der Waals surface area contributed by atoms with Gasteiger partial charge in [0, 0.05) is 40.7 Å². The smallest absolute Gasteiger partial charge is 0.221 e. The van der Waals surface area contributed by atoms with Crippen LogP contribution in [0.1, 0.15) is 13.3 Å². The van der Waals surface area contributed by atoms with E-state index in [0.29, 0.717) is 36.7 Å². The summed E-state index contributed by atoms with van der Waals surface area (Å²) in [6.07, 6.45) is 0.323. The van der Waals surface area contributed by atoms with Crippen molar-refractivity contribution in [3.63, 3.8) is 0 Å². The van der Waals surface area contributed by atoms with Gasteiger partial charge in [-0.25, -0.2) is 0 Å². The number of halogens is 1. The number of hydrogen-bond donors (Lipinski definition) is 2. The molecule has 3 rings (SSSR count). The second-order valence-corrected chi connectivity index (χ2v) is 8.36. The van der Waals surface area contributed by atoms with Crippen LogP contribution in [0.2, 0.25) is 5.02 Å². The van der Waals surface area contributed by atoms with Crippen molar-refractivity contribution in [1.29, 1.82) is 0 Å². The van der Waals surface area contributed by atoms with Crippen LogP contribution in [0.15, 0.2) is 53.4 Å². The van der Waals surface area contributed by atoms with Gasteiger partial charge in [-0.2, -0.15) is 5.10 Å². The van der Waals surface area contributed by atoms with Crippen molar-refractivity contribution in [1.82, 2.24) is 20.1 Å². The van der Waals surface area contributed by atoms with Crippen molar-refractivity contribution in [3.8, 4) is 17.1 Å². The topological polar surface area (TPSA) is 71.9 Å². The largest absolute Gasteiger partial charge is 0.494 e. The summed E-state index contributed by atoms with van der Waals surface area (Å²) in [5.41, 5.74) is 0.908. The van der Waals surface area contributed by atoms with E-state index in [9.17, 15) is 4.79 Å². The Morgan fingerprint density at radius 3 is 2.67 bits per heavy atom. The van der Waals surface area contributed by atoms with E-state index in [1.165, 1.54) is 0 Å². The van der Waals surface area contributed by atoms with Crippen LogP contribution in [0.4, 0.5) is 0 Å². The molecule has 1 aromatic heterocycles. The minimum absolute atomic E-state index is 0.0209. The van der Waals surface area contributed by atoms with Gasteiger partial charge in [0.2, 0.25) is 5.91 Å². The zero-order valence-electron chi connectivity index (χ0n) is 16.6. The third kappa shape index (κ3) is 6.35. The normalized spacial score (nSPS) is 10.7. The van der Waals surface area contributed by atoms with Gasteiger partial charge < -0.3 is 10.1 Å². The van der Waals surface area contributed by atoms with Crippen LogP contribution in [-0.4, -0.2) is 39.6 Å². The molecular formula is C21H23ClN4O2S2. The molecule has 158 valence electrons. The summed E-state index contributed by atoms with van der Waals surface area (Å²) >= 11 is 12.9. The van der Waals surface area contributed by atoms with E-state index in [4.69, 9.17) is 28.6 Å². The zero-order chi connectivity index (χ0) is 21.3. The molecule has 2 N–H and O–H groups in total. The van der Waals surface area contributed by atoms with Gasteiger partial charge in [0.25, 0.3) is 0 Å². The minimum atomic E-state index is -0.0209. The molecule has 0 radical (unpaired) electrons. The first-order valence-electron chi connectivity index (χ1n) is 9.60. The molecular weight excluding hydrogens is 440 g/mol. The van der Waals surface area contributed by atoms with Crippen LogP contribution >= 0.6 is 35.6 Å². The van der Waals surface area contributed by atoms with Gasteiger partial charge in [-0.3, -0.25) is 14.5 Å². The number of hydrogen-bond acceptors (Lipinski definition) is 5. The number of carbonyl (C=O) groups excluding carboxylic acids is 1. The molecule has 2 aromatic carbocycles. The predicted octanol–water partition coefficient (Wildman–Crippen LogP) is 4.96. The second-order valence-electron chi connectivity index (χ2n) is 6.36. The Morgan fingerprint density at radius 2 is 1.97 bits per heavy atom. The Kier molecular flexibility index (Phi) is 8.36. The van der Waals surface area contributed by atoms with Crippen LogP contribution in [0, 0.1) is 4.77 Å². The molecule has 1 amide bonds. The molecule has 3 aromatic rings.